The van der Waals surface area contributed by atoms with E-state index in [-0.39, 0.29) is 22.8 Å². The zero-order valence-electron chi connectivity index (χ0n) is 18.5. The summed E-state index contributed by atoms with van der Waals surface area (Å²) in [5, 5.41) is 3.40. The van der Waals surface area contributed by atoms with Gasteiger partial charge in [0.25, 0.3) is 15.9 Å². The summed E-state index contributed by atoms with van der Waals surface area (Å²) in [6, 6.07) is 12.8. The molecule has 1 aliphatic rings. The number of ether oxygens (including phenoxy) is 1. The van der Waals surface area contributed by atoms with E-state index in [2.05, 4.69) is 26.1 Å². The maximum atomic E-state index is 13.4. The number of carbonyl (C=O) groups excluding carboxylic acids is 1. The van der Waals surface area contributed by atoms with Gasteiger partial charge in [0.05, 0.1) is 17.1 Å². The maximum absolute atomic E-state index is 13.4. The van der Waals surface area contributed by atoms with Gasteiger partial charge >= 0.3 is 0 Å². The topological polar surface area (TPSA) is 75.7 Å². The summed E-state index contributed by atoms with van der Waals surface area (Å²) >= 11 is 6.13. The molecule has 1 amide bonds. The number of fused-ring (bicyclic) bond motifs is 1. The number of carbonyl (C=O) groups is 1. The van der Waals surface area contributed by atoms with Crippen LogP contribution in [0.3, 0.4) is 0 Å². The van der Waals surface area contributed by atoms with Gasteiger partial charge in [-0.1, -0.05) is 50.6 Å². The van der Waals surface area contributed by atoms with Crippen LogP contribution in [0.15, 0.2) is 53.4 Å². The van der Waals surface area contributed by atoms with E-state index in [0.29, 0.717) is 16.5 Å². The molecule has 168 valence electrons. The van der Waals surface area contributed by atoms with Crippen molar-refractivity contribution >= 4 is 33.2 Å². The van der Waals surface area contributed by atoms with Gasteiger partial charge in [-0.3, -0.25) is 9.10 Å². The smallest absolute Gasteiger partial charge is 0.264 e. The summed E-state index contributed by atoms with van der Waals surface area (Å²) in [5.41, 5.74) is -0.160. The van der Waals surface area contributed by atoms with Crippen LogP contribution < -0.4 is 14.4 Å². The van der Waals surface area contributed by atoms with Crippen molar-refractivity contribution in [3.8, 4) is 5.75 Å². The lowest BCUT2D eigenvalue weighted by molar-refractivity contribution is -0.129. The Labute approximate surface area is 189 Å². The third-order valence-corrected chi connectivity index (χ3v) is 6.88. The first kappa shape index (κ1) is 23.4. The number of amides is 1. The fourth-order valence-electron chi connectivity index (χ4n) is 4.09. The zero-order valence-corrected chi connectivity index (χ0v) is 20.0. The van der Waals surface area contributed by atoms with Crippen molar-refractivity contribution < 1.29 is 17.9 Å². The zero-order chi connectivity index (χ0) is 23.0. The molecule has 2 aromatic rings. The van der Waals surface area contributed by atoms with Crippen LogP contribution >= 0.6 is 11.6 Å². The van der Waals surface area contributed by atoms with Gasteiger partial charge in [-0.15, -0.1) is 0 Å². The van der Waals surface area contributed by atoms with Crippen LogP contribution in [0.25, 0.3) is 0 Å². The average Bonchev–Trinajstić information content (AvgIpc) is 2.65. The van der Waals surface area contributed by atoms with Crippen molar-refractivity contribution in [2.24, 2.45) is 5.41 Å². The molecular formula is C23H29ClN2O4S. The van der Waals surface area contributed by atoms with Gasteiger partial charge < -0.3 is 10.1 Å². The summed E-state index contributed by atoms with van der Waals surface area (Å²) in [6.07, 6.45) is -0.247. The lowest BCUT2D eigenvalue weighted by Gasteiger charge is -2.38. The Morgan fingerprint density at radius 1 is 1.13 bits per heavy atom. The highest BCUT2D eigenvalue weighted by molar-refractivity contribution is 7.92. The van der Waals surface area contributed by atoms with E-state index < -0.39 is 21.7 Å². The molecule has 1 heterocycles. The second-order valence-corrected chi connectivity index (χ2v) is 12.0. The lowest BCUT2D eigenvalue weighted by atomic mass is 9.81. The first-order valence-corrected chi connectivity index (χ1v) is 12.0. The van der Waals surface area contributed by atoms with Gasteiger partial charge in [-0.25, -0.2) is 8.42 Å². The van der Waals surface area contributed by atoms with E-state index in [9.17, 15) is 13.2 Å². The van der Waals surface area contributed by atoms with Gasteiger partial charge in [0.2, 0.25) is 0 Å². The van der Waals surface area contributed by atoms with E-state index in [1.165, 1.54) is 22.5 Å². The second kappa shape index (κ2) is 8.36. The highest BCUT2D eigenvalue weighted by Gasteiger charge is 2.39. The standard InChI is InChI=1S/C23H29ClN2O4S/c1-22(2,3)15-23(4,5)25-21(27)20-14-26(18-13-16(24)11-12-19(18)30-20)31(28,29)17-9-7-6-8-10-17/h6-13,20H,14-15H2,1-5H3,(H,25,27)/t20-/m1/s1. The monoisotopic (exact) mass is 464 g/mol. The number of nitrogens with one attached hydrogen (secondary N) is 1. The molecule has 6 nitrogen and oxygen atoms in total. The van der Waals surface area contributed by atoms with Crippen LogP contribution in [-0.2, 0) is 14.8 Å². The number of hydrogen-bond donors (Lipinski definition) is 1. The number of benzene rings is 2. The SMILES string of the molecule is CC(C)(C)CC(C)(C)NC(=O)[C@H]1CN(S(=O)(=O)c2ccccc2)c2cc(Cl)ccc2O1. The van der Waals surface area contributed by atoms with E-state index in [4.69, 9.17) is 16.3 Å². The summed E-state index contributed by atoms with van der Waals surface area (Å²) in [6.45, 7) is 10.1. The summed E-state index contributed by atoms with van der Waals surface area (Å²) < 4.78 is 33.9. The van der Waals surface area contributed by atoms with Crippen LogP contribution in [0.4, 0.5) is 5.69 Å². The summed E-state index contributed by atoms with van der Waals surface area (Å²) in [4.78, 5) is 13.2. The Kier molecular flexibility index (Phi) is 6.31. The minimum absolute atomic E-state index is 0.0102. The number of anilines is 1. The molecule has 0 aromatic heterocycles. The van der Waals surface area contributed by atoms with Crippen molar-refractivity contribution in [1.82, 2.24) is 5.32 Å². The molecule has 0 saturated carbocycles. The predicted molar refractivity (Wildman–Crippen MR) is 123 cm³/mol. The fourth-order valence-corrected chi connectivity index (χ4v) is 5.75. The molecular weight excluding hydrogens is 436 g/mol. The molecule has 0 bridgehead atoms. The highest BCUT2D eigenvalue weighted by atomic mass is 35.5. The summed E-state index contributed by atoms with van der Waals surface area (Å²) in [7, 11) is -3.92. The molecule has 1 atom stereocenters. The maximum Gasteiger partial charge on any atom is 0.264 e. The van der Waals surface area contributed by atoms with Crippen LogP contribution in [-0.4, -0.2) is 32.5 Å². The quantitative estimate of drug-likeness (QED) is 0.700. The normalized spacial score (nSPS) is 17.0. The molecule has 1 N–H and O–H groups in total. The van der Waals surface area contributed by atoms with Gasteiger partial charge in [-0.05, 0) is 56.0 Å². The number of sulfonamides is 1. The third-order valence-electron chi connectivity index (χ3n) is 4.85. The molecule has 2 aromatic carbocycles. The van der Waals surface area contributed by atoms with Crippen molar-refractivity contribution in [2.75, 3.05) is 10.8 Å². The Balaban J connectivity index is 1.94. The van der Waals surface area contributed by atoms with E-state index in [0.717, 1.165) is 6.42 Å². The Hall–Kier alpha value is -2.25. The molecule has 8 heteroatoms. The number of halogens is 1. The fraction of sp³-hybridized carbons (Fsp3) is 0.435. The molecule has 0 fully saturated rings. The van der Waals surface area contributed by atoms with Crippen LogP contribution in [0.1, 0.15) is 41.0 Å². The van der Waals surface area contributed by atoms with Crippen molar-refractivity contribution in [1.29, 1.82) is 0 Å². The first-order chi connectivity index (χ1) is 14.3. The Morgan fingerprint density at radius 3 is 2.39 bits per heavy atom. The van der Waals surface area contributed by atoms with Gasteiger partial charge in [0.15, 0.2) is 6.10 Å². The number of hydrogen-bond acceptors (Lipinski definition) is 4. The van der Waals surface area contributed by atoms with Crippen LogP contribution in [0.2, 0.25) is 5.02 Å². The molecule has 1 aliphatic heterocycles. The minimum atomic E-state index is -3.92. The van der Waals surface area contributed by atoms with Crippen molar-refractivity contribution in [3.05, 3.63) is 53.6 Å². The molecule has 0 aliphatic carbocycles. The predicted octanol–water partition coefficient (Wildman–Crippen LogP) is 4.63. The first-order valence-electron chi connectivity index (χ1n) is 10.1. The average molecular weight is 465 g/mol. The van der Waals surface area contributed by atoms with Crippen LogP contribution in [0.5, 0.6) is 5.75 Å². The highest BCUT2D eigenvalue weighted by Crippen LogP contribution is 2.39. The molecule has 31 heavy (non-hydrogen) atoms. The van der Waals surface area contributed by atoms with E-state index >= 15 is 0 Å². The molecule has 0 unspecified atom stereocenters. The van der Waals surface area contributed by atoms with E-state index in [1.807, 2.05) is 13.8 Å². The molecule has 0 saturated heterocycles. The lowest BCUT2D eigenvalue weighted by Crippen LogP contribution is -2.55. The number of rotatable bonds is 5. The molecule has 0 spiro atoms. The van der Waals surface area contributed by atoms with Crippen molar-refractivity contribution in [2.45, 2.75) is 57.6 Å². The largest absolute Gasteiger partial charge is 0.476 e. The van der Waals surface area contributed by atoms with Crippen molar-refractivity contribution in [3.63, 3.8) is 0 Å². The van der Waals surface area contributed by atoms with Gasteiger partial charge in [-0.2, -0.15) is 0 Å². The molecule has 3 rings (SSSR count). The second-order valence-electron chi connectivity index (χ2n) is 9.68. The third kappa shape index (κ3) is 5.52. The van der Waals surface area contributed by atoms with Gasteiger partial charge in [0, 0.05) is 10.6 Å². The van der Waals surface area contributed by atoms with E-state index in [1.54, 1.807) is 30.3 Å². The molecule has 0 radical (unpaired) electrons. The Bertz CT molecular complexity index is 1060. The minimum Gasteiger partial charge on any atom is -0.476 e. The number of nitrogens with zero attached hydrogens (tertiary/aromatic N) is 1. The Morgan fingerprint density at radius 2 is 1.77 bits per heavy atom. The summed E-state index contributed by atoms with van der Waals surface area (Å²) in [5.74, 6) is -0.0629. The van der Waals surface area contributed by atoms with Crippen LogP contribution in [0, 0.1) is 5.41 Å². The van der Waals surface area contributed by atoms with Gasteiger partial charge in [0.1, 0.15) is 5.75 Å².